The van der Waals surface area contributed by atoms with Gasteiger partial charge in [0.05, 0.1) is 5.39 Å². The summed E-state index contributed by atoms with van der Waals surface area (Å²) in [5.74, 6) is -0.373. The zero-order chi connectivity index (χ0) is 18.5. The number of hydrogen-bond acceptors (Lipinski definition) is 4. The molecule has 0 aliphatic heterocycles. The van der Waals surface area contributed by atoms with Crippen LogP contribution in [0.3, 0.4) is 0 Å². The highest BCUT2D eigenvalue weighted by atomic mass is 127. The summed E-state index contributed by atoms with van der Waals surface area (Å²) in [6, 6.07) is 8.78. The number of allylic oxidation sites excluding steroid dienone is 1. The van der Waals surface area contributed by atoms with Gasteiger partial charge in [0.25, 0.3) is 0 Å². The van der Waals surface area contributed by atoms with E-state index in [2.05, 4.69) is 44.5 Å². The summed E-state index contributed by atoms with van der Waals surface area (Å²) in [7, 11) is 0. The minimum atomic E-state index is -0.915. The van der Waals surface area contributed by atoms with Crippen LogP contribution in [0.5, 0.6) is 0 Å². The molecule has 2 heterocycles. The van der Waals surface area contributed by atoms with Gasteiger partial charge in [0.15, 0.2) is 0 Å². The Morgan fingerprint density at radius 1 is 1.35 bits per heavy atom. The second kappa shape index (κ2) is 8.31. The van der Waals surface area contributed by atoms with Crippen LogP contribution in [-0.2, 0) is 17.8 Å². The number of rotatable bonds is 8. The Morgan fingerprint density at radius 3 is 2.81 bits per heavy atom. The number of aromatic nitrogens is 3. The van der Waals surface area contributed by atoms with Crippen LogP contribution in [0.25, 0.3) is 11.0 Å². The van der Waals surface area contributed by atoms with Crippen molar-refractivity contribution in [2.75, 3.05) is 5.32 Å². The molecular formula is C19H19IN4O2. The average Bonchev–Trinajstić information content (AvgIpc) is 2.97. The number of aryl methyl sites for hydroxylation is 1. The molecule has 0 bridgehead atoms. The molecule has 0 aliphatic rings. The molecule has 0 saturated carbocycles. The number of carboxylic acids is 1. The van der Waals surface area contributed by atoms with Crippen molar-refractivity contribution < 1.29 is 9.90 Å². The number of benzene rings is 1. The van der Waals surface area contributed by atoms with Crippen molar-refractivity contribution in [3.63, 3.8) is 0 Å². The summed E-state index contributed by atoms with van der Waals surface area (Å²) in [6.45, 7) is 4.52. The zero-order valence-electron chi connectivity index (χ0n) is 14.1. The number of carbonyl (C=O) groups is 1. The van der Waals surface area contributed by atoms with Crippen molar-refractivity contribution >= 4 is 45.4 Å². The zero-order valence-corrected chi connectivity index (χ0v) is 16.3. The van der Waals surface area contributed by atoms with Gasteiger partial charge in [-0.1, -0.05) is 36.4 Å². The van der Waals surface area contributed by atoms with Gasteiger partial charge in [0.1, 0.15) is 23.8 Å². The van der Waals surface area contributed by atoms with Crippen molar-refractivity contribution in [3.05, 3.63) is 64.6 Å². The Labute approximate surface area is 165 Å². The Bertz CT molecular complexity index is 924. The lowest BCUT2D eigenvalue weighted by molar-refractivity contribution is -0.137. The van der Waals surface area contributed by atoms with E-state index in [-0.39, 0.29) is 0 Å². The summed E-state index contributed by atoms with van der Waals surface area (Å²) in [6.07, 6.45) is 6.53. The maximum Gasteiger partial charge on any atom is 0.326 e. The van der Waals surface area contributed by atoms with E-state index >= 15 is 0 Å². The molecule has 0 fully saturated rings. The van der Waals surface area contributed by atoms with E-state index in [1.807, 2.05) is 47.2 Å². The van der Waals surface area contributed by atoms with Crippen LogP contribution in [0.2, 0.25) is 0 Å². The molecule has 134 valence electrons. The molecule has 3 aromatic rings. The molecule has 1 atom stereocenters. The summed E-state index contributed by atoms with van der Waals surface area (Å²) in [5, 5.41) is 13.6. The van der Waals surface area contributed by atoms with E-state index in [0.29, 0.717) is 12.2 Å². The Hall–Kier alpha value is -2.42. The molecule has 2 N–H and O–H groups in total. The first kappa shape index (κ1) is 18.4. The third kappa shape index (κ3) is 4.04. The van der Waals surface area contributed by atoms with Gasteiger partial charge in [0, 0.05) is 22.7 Å². The molecule has 0 radical (unpaired) electrons. The fourth-order valence-electron chi connectivity index (χ4n) is 2.80. The Balaban J connectivity index is 1.92. The maximum absolute atomic E-state index is 11.8. The van der Waals surface area contributed by atoms with Crippen molar-refractivity contribution in [3.8, 4) is 0 Å². The van der Waals surface area contributed by atoms with Gasteiger partial charge in [0.2, 0.25) is 0 Å². The molecule has 0 aliphatic carbocycles. The topological polar surface area (TPSA) is 80.0 Å². The maximum atomic E-state index is 11.8. The Morgan fingerprint density at radius 2 is 2.12 bits per heavy atom. The van der Waals surface area contributed by atoms with E-state index in [1.54, 1.807) is 0 Å². The number of halogens is 1. The lowest BCUT2D eigenvalue weighted by Gasteiger charge is -2.16. The second-order valence-electron chi connectivity index (χ2n) is 5.89. The molecule has 3 rings (SSSR count). The van der Waals surface area contributed by atoms with Crippen LogP contribution in [0.1, 0.15) is 12.0 Å². The number of aliphatic carboxylic acids is 1. The lowest BCUT2D eigenvalue weighted by atomic mass is 10.1. The largest absolute Gasteiger partial charge is 0.480 e. The predicted molar refractivity (Wildman–Crippen MR) is 110 cm³/mol. The normalized spacial score (nSPS) is 12.0. The summed E-state index contributed by atoms with van der Waals surface area (Å²) >= 11 is 2.23. The minimum absolute atomic E-state index is 0.370. The van der Waals surface area contributed by atoms with E-state index in [0.717, 1.165) is 33.1 Å². The smallest absolute Gasteiger partial charge is 0.326 e. The van der Waals surface area contributed by atoms with E-state index < -0.39 is 12.0 Å². The van der Waals surface area contributed by atoms with Gasteiger partial charge in [-0.2, -0.15) is 0 Å². The lowest BCUT2D eigenvalue weighted by Crippen LogP contribution is -2.32. The molecule has 1 aromatic carbocycles. The highest BCUT2D eigenvalue weighted by Gasteiger charge is 2.21. The number of fused-ring (bicyclic) bond motifs is 1. The molecule has 0 amide bonds. The van der Waals surface area contributed by atoms with Crippen LogP contribution in [-0.4, -0.2) is 31.7 Å². The number of hydrogen-bond donors (Lipinski definition) is 2. The number of anilines is 1. The standard InChI is InChI=1S/C19H19IN4O2/c1-2-3-9-24-11-14(20)16-17(21-12-22-18(16)24)23-15(19(25)26)10-13-7-5-4-6-8-13/h2,4-8,11-12,15H,1,3,9-10H2,(H,25,26)(H,21,22,23)/t15-/m1/s1. The average molecular weight is 462 g/mol. The molecule has 2 aromatic heterocycles. The van der Waals surface area contributed by atoms with Crippen LogP contribution in [0.4, 0.5) is 5.82 Å². The van der Waals surface area contributed by atoms with Gasteiger partial charge < -0.3 is 15.0 Å². The molecule has 0 unspecified atom stereocenters. The number of carboxylic acid groups (broad SMARTS) is 1. The third-order valence-corrected chi connectivity index (χ3v) is 4.89. The first-order chi connectivity index (χ1) is 12.6. The van der Waals surface area contributed by atoms with Crippen LogP contribution in [0.15, 0.2) is 55.5 Å². The van der Waals surface area contributed by atoms with Gasteiger partial charge in [-0.3, -0.25) is 0 Å². The molecule has 7 heteroatoms. The summed E-state index contributed by atoms with van der Waals surface area (Å²) in [4.78, 5) is 20.4. The predicted octanol–water partition coefficient (Wildman–Crippen LogP) is 3.72. The third-order valence-electron chi connectivity index (χ3n) is 4.07. The number of nitrogens with zero attached hydrogens (tertiary/aromatic N) is 3. The van der Waals surface area contributed by atoms with Crippen molar-refractivity contribution in [2.45, 2.75) is 25.4 Å². The first-order valence-corrected chi connectivity index (χ1v) is 9.31. The van der Waals surface area contributed by atoms with Crippen molar-refractivity contribution in [2.24, 2.45) is 0 Å². The highest BCUT2D eigenvalue weighted by molar-refractivity contribution is 14.1. The fraction of sp³-hybridized carbons (Fsp3) is 0.211. The van der Waals surface area contributed by atoms with Gasteiger partial charge in [-0.05, 0) is 34.6 Å². The second-order valence-corrected chi connectivity index (χ2v) is 7.06. The minimum Gasteiger partial charge on any atom is -0.480 e. The monoisotopic (exact) mass is 462 g/mol. The SMILES string of the molecule is C=CCCn1cc(I)c2c(N[C@H](Cc3ccccc3)C(=O)O)ncnc21. The van der Waals surface area contributed by atoms with Crippen LogP contribution < -0.4 is 5.32 Å². The summed E-state index contributed by atoms with van der Waals surface area (Å²) < 4.78 is 3.02. The van der Waals surface area contributed by atoms with Gasteiger partial charge >= 0.3 is 5.97 Å². The first-order valence-electron chi connectivity index (χ1n) is 8.23. The number of nitrogens with one attached hydrogen (secondary N) is 1. The van der Waals surface area contributed by atoms with E-state index in [9.17, 15) is 9.90 Å². The van der Waals surface area contributed by atoms with Gasteiger partial charge in [-0.15, -0.1) is 6.58 Å². The summed E-state index contributed by atoms with van der Waals surface area (Å²) in [5.41, 5.74) is 1.74. The van der Waals surface area contributed by atoms with E-state index in [4.69, 9.17) is 0 Å². The van der Waals surface area contributed by atoms with Crippen molar-refractivity contribution in [1.29, 1.82) is 0 Å². The quantitative estimate of drug-likeness (QED) is 0.394. The van der Waals surface area contributed by atoms with Crippen molar-refractivity contribution in [1.82, 2.24) is 14.5 Å². The molecular weight excluding hydrogens is 443 g/mol. The van der Waals surface area contributed by atoms with E-state index in [1.165, 1.54) is 6.33 Å². The fourth-order valence-corrected chi connectivity index (χ4v) is 3.63. The Kier molecular flexibility index (Phi) is 5.87. The molecule has 0 saturated heterocycles. The van der Waals surface area contributed by atoms with Gasteiger partial charge in [-0.25, -0.2) is 14.8 Å². The van der Waals surface area contributed by atoms with Crippen LogP contribution in [0, 0.1) is 3.57 Å². The van der Waals surface area contributed by atoms with Crippen LogP contribution >= 0.6 is 22.6 Å². The molecule has 6 nitrogen and oxygen atoms in total. The molecule has 0 spiro atoms. The molecule has 26 heavy (non-hydrogen) atoms. The highest BCUT2D eigenvalue weighted by Crippen LogP contribution is 2.28.